The summed E-state index contributed by atoms with van der Waals surface area (Å²) in [4.78, 5) is 32.3. The number of pyridine rings is 1. The molecule has 1 aliphatic rings. The molecule has 2 aromatic carbocycles. The number of likely N-dealkylation sites (tertiary alicyclic amines) is 1. The number of H-pyrrole nitrogens is 1. The molecule has 1 saturated heterocycles. The number of aromatic amines is 1. The van der Waals surface area contributed by atoms with E-state index in [1.807, 2.05) is 36.1 Å². The summed E-state index contributed by atoms with van der Waals surface area (Å²) >= 11 is 0. The van der Waals surface area contributed by atoms with Gasteiger partial charge in [0.2, 0.25) is 0 Å². The summed E-state index contributed by atoms with van der Waals surface area (Å²) in [6, 6.07) is 13.1. The van der Waals surface area contributed by atoms with Gasteiger partial charge >= 0.3 is 5.97 Å². The Morgan fingerprint density at radius 3 is 2.80 bits per heavy atom. The molecule has 208 valence electrons. The van der Waals surface area contributed by atoms with Gasteiger partial charge in [-0.15, -0.1) is 0 Å². The number of carbonyl (C=O) groups is 2. The van der Waals surface area contributed by atoms with E-state index in [0.29, 0.717) is 36.3 Å². The number of aromatic nitrogens is 3. The molecule has 9 nitrogen and oxygen atoms in total. The molecule has 0 radical (unpaired) electrons. The molecule has 0 aliphatic carbocycles. The number of benzene rings is 2. The van der Waals surface area contributed by atoms with Gasteiger partial charge in [-0.3, -0.25) is 24.6 Å². The summed E-state index contributed by atoms with van der Waals surface area (Å²) in [5, 5.41) is 11.4. The molecule has 2 N–H and O–H groups in total. The SMILES string of the molecule is CCOC(=O)C1CCC(NC(=O)c2ccc3[nH]nc(-c4ccnc(C)c4)c3c2)CN1Cc1c(F)cccc1OC. The molecule has 10 heteroatoms. The minimum atomic E-state index is -0.550. The number of methoxy groups -OCH3 is 1. The van der Waals surface area contributed by atoms with Crippen molar-refractivity contribution in [2.75, 3.05) is 20.3 Å². The summed E-state index contributed by atoms with van der Waals surface area (Å²) in [7, 11) is 1.48. The highest BCUT2D eigenvalue weighted by Gasteiger charge is 2.35. The van der Waals surface area contributed by atoms with Gasteiger partial charge in [0.1, 0.15) is 23.3 Å². The first kappa shape index (κ1) is 27.3. The van der Waals surface area contributed by atoms with Crippen molar-refractivity contribution in [1.29, 1.82) is 0 Å². The minimum absolute atomic E-state index is 0.140. The first-order valence-electron chi connectivity index (χ1n) is 13.3. The van der Waals surface area contributed by atoms with Crippen molar-refractivity contribution in [3.8, 4) is 17.0 Å². The van der Waals surface area contributed by atoms with Crippen LogP contribution in [0, 0.1) is 12.7 Å². The number of esters is 1. The maximum atomic E-state index is 14.8. The number of ether oxygens (including phenoxy) is 2. The molecule has 4 aromatic rings. The van der Waals surface area contributed by atoms with Crippen LogP contribution in [-0.2, 0) is 16.1 Å². The number of nitrogens with zero attached hydrogens (tertiary/aromatic N) is 3. The molecule has 2 unspecified atom stereocenters. The van der Waals surface area contributed by atoms with Crippen LogP contribution in [0.15, 0.2) is 54.7 Å². The van der Waals surface area contributed by atoms with E-state index in [2.05, 4.69) is 20.5 Å². The maximum Gasteiger partial charge on any atom is 0.323 e. The van der Waals surface area contributed by atoms with Crippen LogP contribution in [0.4, 0.5) is 4.39 Å². The highest BCUT2D eigenvalue weighted by Crippen LogP contribution is 2.29. The Morgan fingerprint density at radius 1 is 1.18 bits per heavy atom. The average Bonchev–Trinajstić information content (AvgIpc) is 3.38. The number of amides is 1. The van der Waals surface area contributed by atoms with Crippen LogP contribution in [0.3, 0.4) is 0 Å². The zero-order chi connectivity index (χ0) is 28.2. The number of fused-ring (bicyclic) bond motifs is 1. The number of aryl methyl sites for hydroxylation is 1. The van der Waals surface area contributed by atoms with E-state index in [1.165, 1.54) is 13.2 Å². The molecule has 0 bridgehead atoms. The predicted octanol–water partition coefficient (Wildman–Crippen LogP) is 4.41. The van der Waals surface area contributed by atoms with E-state index < -0.39 is 11.9 Å². The molecule has 1 fully saturated rings. The Labute approximate surface area is 231 Å². The van der Waals surface area contributed by atoms with Gasteiger partial charge in [0, 0.05) is 53.1 Å². The topological polar surface area (TPSA) is 109 Å². The van der Waals surface area contributed by atoms with Crippen LogP contribution in [0.5, 0.6) is 5.75 Å². The van der Waals surface area contributed by atoms with Gasteiger partial charge in [-0.05, 0) is 69.2 Å². The Kier molecular flexibility index (Phi) is 8.06. The smallest absolute Gasteiger partial charge is 0.323 e. The van der Waals surface area contributed by atoms with Gasteiger partial charge in [0.15, 0.2) is 0 Å². The molecule has 3 heterocycles. The molecule has 0 saturated carbocycles. The van der Waals surface area contributed by atoms with Crippen LogP contribution in [0.1, 0.15) is 41.4 Å². The molecule has 1 amide bonds. The molecule has 0 spiro atoms. The van der Waals surface area contributed by atoms with E-state index in [0.717, 1.165) is 27.9 Å². The van der Waals surface area contributed by atoms with Crippen molar-refractivity contribution in [1.82, 2.24) is 25.4 Å². The van der Waals surface area contributed by atoms with E-state index in [1.54, 1.807) is 31.3 Å². The van der Waals surface area contributed by atoms with Crippen molar-refractivity contribution >= 4 is 22.8 Å². The van der Waals surface area contributed by atoms with E-state index in [9.17, 15) is 14.0 Å². The van der Waals surface area contributed by atoms with Crippen molar-refractivity contribution in [3.05, 3.63) is 77.4 Å². The normalized spacial score (nSPS) is 17.5. The third-order valence-electron chi connectivity index (χ3n) is 7.23. The fourth-order valence-corrected chi connectivity index (χ4v) is 5.26. The van der Waals surface area contributed by atoms with Crippen molar-refractivity contribution in [3.63, 3.8) is 0 Å². The number of carbonyl (C=O) groups excluding carboxylic acids is 2. The lowest BCUT2D eigenvalue weighted by atomic mass is 9.96. The fraction of sp³-hybridized carbons (Fsp3) is 0.333. The van der Waals surface area contributed by atoms with Crippen LogP contribution in [-0.4, -0.2) is 64.3 Å². The lowest BCUT2D eigenvalue weighted by Gasteiger charge is -2.38. The van der Waals surface area contributed by atoms with Crippen molar-refractivity contribution in [2.45, 2.75) is 45.3 Å². The third kappa shape index (κ3) is 5.67. The zero-order valence-electron chi connectivity index (χ0n) is 22.7. The second kappa shape index (κ2) is 11.8. The number of rotatable bonds is 8. The number of nitrogens with one attached hydrogen (secondary N) is 2. The van der Waals surface area contributed by atoms with Crippen LogP contribution < -0.4 is 10.1 Å². The van der Waals surface area contributed by atoms with Gasteiger partial charge in [-0.1, -0.05) is 6.07 Å². The van der Waals surface area contributed by atoms with Gasteiger partial charge in [-0.2, -0.15) is 5.10 Å². The van der Waals surface area contributed by atoms with Crippen molar-refractivity contribution in [2.24, 2.45) is 0 Å². The number of piperidine rings is 1. The highest BCUT2D eigenvalue weighted by atomic mass is 19.1. The summed E-state index contributed by atoms with van der Waals surface area (Å²) < 4.78 is 25.4. The number of hydrogen-bond acceptors (Lipinski definition) is 7. The molecule has 1 aliphatic heterocycles. The highest BCUT2D eigenvalue weighted by molar-refractivity contribution is 6.01. The Hall–Kier alpha value is -4.31. The Morgan fingerprint density at radius 2 is 2.02 bits per heavy atom. The average molecular weight is 546 g/mol. The minimum Gasteiger partial charge on any atom is -0.496 e. The molecule has 2 atom stereocenters. The van der Waals surface area contributed by atoms with Crippen LogP contribution in [0.2, 0.25) is 0 Å². The monoisotopic (exact) mass is 545 g/mol. The third-order valence-corrected chi connectivity index (χ3v) is 7.23. The lowest BCUT2D eigenvalue weighted by Crippen LogP contribution is -2.54. The molecule has 2 aromatic heterocycles. The maximum absolute atomic E-state index is 14.8. The second-order valence-corrected chi connectivity index (χ2v) is 9.88. The Bertz CT molecular complexity index is 1540. The second-order valence-electron chi connectivity index (χ2n) is 9.88. The van der Waals surface area contributed by atoms with E-state index in [-0.39, 0.29) is 31.1 Å². The zero-order valence-corrected chi connectivity index (χ0v) is 22.7. The number of halogens is 1. The van der Waals surface area contributed by atoms with Gasteiger partial charge in [-0.25, -0.2) is 4.39 Å². The standard InChI is InChI=1S/C30H32FN5O4/c1-4-40-30(38)26-11-9-21(16-36(26)17-23-24(31)6-5-7-27(23)39-3)33-29(37)20-8-10-25-22(15-20)28(35-34-25)19-12-13-32-18(2)14-19/h5-8,10,12-15,21,26H,4,9,11,16-17H2,1-3H3,(H,33,37)(H,34,35). The molecular formula is C30H32FN5O4. The largest absolute Gasteiger partial charge is 0.496 e. The molecular weight excluding hydrogens is 513 g/mol. The van der Waals surface area contributed by atoms with Gasteiger partial charge in [0.25, 0.3) is 5.91 Å². The van der Waals surface area contributed by atoms with Crippen molar-refractivity contribution < 1.29 is 23.5 Å². The molecule has 5 rings (SSSR count). The first-order chi connectivity index (χ1) is 19.4. The van der Waals surface area contributed by atoms with Crippen LogP contribution in [0.25, 0.3) is 22.2 Å². The summed E-state index contributed by atoms with van der Waals surface area (Å²) in [6.07, 6.45) is 2.78. The van der Waals surface area contributed by atoms with Gasteiger partial charge < -0.3 is 14.8 Å². The Balaban J connectivity index is 1.36. The van der Waals surface area contributed by atoms with E-state index in [4.69, 9.17) is 9.47 Å². The van der Waals surface area contributed by atoms with Crippen LogP contribution >= 0.6 is 0 Å². The lowest BCUT2D eigenvalue weighted by molar-refractivity contribution is -0.151. The van der Waals surface area contributed by atoms with Gasteiger partial charge in [0.05, 0.1) is 19.2 Å². The number of hydrogen-bond donors (Lipinski definition) is 2. The summed E-state index contributed by atoms with van der Waals surface area (Å²) in [6.45, 7) is 4.42. The predicted molar refractivity (Wildman–Crippen MR) is 148 cm³/mol. The summed E-state index contributed by atoms with van der Waals surface area (Å²) in [5.41, 5.74) is 4.20. The fourth-order valence-electron chi connectivity index (χ4n) is 5.26. The quantitative estimate of drug-likeness (QED) is 0.316. The first-order valence-corrected chi connectivity index (χ1v) is 13.3. The van der Waals surface area contributed by atoms with E-state index >= 15 is 0 Å². The molecule has 40 heavy (non-hydrogen) atoms. The summed E-state index contributed by atoms with van der Waals surface area (Å²) in [5.74, 6) is -0.598.